The highest BCUT2D eigenvalue weighted by Crippen LogP contribution is 2.26. The molecular weight excluding hydrogens is 263 g/mol. The Kier molecular flexibility index (Phi) is 4.03. The quantitative estimate of drug-likeness (QED) is 0.893. The minimum atomic E-state index is -0.437. The summed E-state index contributed by atoms with van der Waals surface area (Å²) < 4.78 is 13.3. The number of nitriles is 1. The summed E-state index contributed by atoms with van der Waals surface area (Å²) in [6.45, 7) is 1.93. The van der Waals surface area contributed by atoms with Crippen LogP contribution in [-0.2, 0) is 0 Å². The summed E-state index contributed by atoms with van der Waals surface area (Å²) in [6, 6.07) is 13.5. The molecule has 2 nitrogen and oxygen atoms in total. The van der Waals surface area contributed by atoms with E-state index in [-0.39, 0.29) is 11.6 Å². The molecule has 1 unspecified atom stereocenters. The second-order valence-electron chi connectivity index (χ2n) is 4.23. The molecule has 0 heterocycles. The molecule has 0 aliphatic carbocycles. The fraction of sp³-hybridized carbons (Fsp3) is 0.133. The molecule has 1 N–H and O–H groups in total. The Balaban J connectivity index is 2.24. The van der Waals surface area contributed by atoms with Gasteiger partial charge in [0.15, 0.2) is 0 Å². The zero-order valence-electron chi connectivity index (χ0n) is 10.3. The molecule has 0 amide bonds. The molecule has 0 aliphatic heterocycles. The zero-order valence-corrected chi connectivity index (χ0v) is 11.1. The summed E-state index contributed by atoms with van der Waals surface area (Å²) in [5.74, 6) is -0.437. The monoisotopic (exact) mass is 274 g/mol. The van der Waals surface area contributed by atoms with Gasteiger partial charge in [-0.3, -0.25) is 0 Å². The van der Waals surface area contributed by atoms with Crippen molar-refractivity contribution < 1.29 is 4.39 Å². The van der Waals surface area contributed by atoms with Gasteiger partial charge >= 0.3 is 0 Å². The van der Waals surface area contributed by atoms with Crippen LogP contribution in [0.4, 0.5) is 10.1 Å². The number of rotatable bonds is 3. The Bertz CT molecular complexity index is 634. The second kappa shape index (κ2) is 5.73. The van der Waals surface area contributed by atoms with Crippen molar-refractivity contribution in [3.63, 3.8) is 0 Å². The van der Waals surface area contributed by atoms with Gasteiger partial charge in [0, 0.05) is 16.8 Å². The third-order valence-corrected chi connectivity index (χ3v) is 3.13. The van der Waals surface area contributed by atoms with E-state index in [0.29, 0.717) is 10.7 Å². The molecule has 1 atom stereocenters. The van der Waals surface area contributed by atoms with Crippen molar-refractivity contribution in [2.24, 2.45) is 0 Å². The van der Waals surface area contributed by atoms with E-state index in [1.807, 2.05) is 31.2 Å². The van der Waals surface area contributed by atoms with Gasteiger partial charge in [-0.15, -0.1) is 0 Å². The average Bonchev–Trinajstić information content (AvgIpc) is 2.38. The van der Waals surface area contributed by atoms with Gasteiger partial charge in [-0.05, 0) is 36.8 Å². The van der Waals surface area contributed by atoms with Crippen LogP contribution in [0.25, 0.3) is 0 Å². The maximum absolute atomic E-state index is 13.3. The zero-order chi connectivity index (χ0) is 13.8. The van der Waals surface area contributed by atoms with E-state index in [1.165, 1.54) is 12.1 Å². The SMILES string of the molecule is CC(Nc1cc(F)cc(C#N)c1)c1ccccc1Cl. The molecule has 2 rings (SSSR count). The van der Waals surface area contributed by atoms with Gasteiger partial charge in [-0.25, -0.2) is 4.39 Å². The summed E-state index contributed by atoms with van der Waals surface area (Å²) in [5.41, 5.74) is 1.77. The smallest absolute Gasteiger partial charge is 0.126 e. The molecule has 0 saturated heterocycles. The van der Waals surface area contributed by atoms with Crippen molar-refractivity contribution in [2.45, 2.75) is 13.0 Å². The van der Waals surface area contributed by atoms with Crippen LogP contribution < -0.4 is 5.32 Å². The van der Waals surface area contributed by atoms with Gasteiger partial charge in [-0.2, -0.15) is 5.26 Å². The highest BCUT2D eigenvalue weighted by molar-refractivity contribution is 6.31. The Morgan fingerprint density at radius 3 is 2.68 bits per heavy atom. The van der Waals surface area contributed by atoms with Crippen molar-refractivity contribution in [2.75, 3.05) is 5.32 Å². The molecule has 0 saturated carbocycles. The average molecular weight is 275 g/mol. The molecule has 0 fully saturated rings. The van der Waals surface area contributed by atoms with Crippen LogP contribution in [0.3, 0.4) is 0 Å². The lowest BCUT2D eigenvalue weighted by Gasteiger charge is -2.17. The fourth-order valence-electron chi connectivity index (χ4n) is 1.89. The Morgan fingerprint density at radius 1 is 1.26 bits per heavy atom. The highest BCUT2D eigenvalue weighted by Gasteiger charge is 2.10. The molecule has 96 valence electrons. The standard InChI is InChI=1S/C15H12ClFN2/c1-10(14-4-2-3-5-15(14)16)19-13-7-11(9-18)6-12(17)8-13/h2-8,10,19H,1H3. The number of benzene rings is 2. The predicted octanol–water partition coefficient (Wildman–Crippen LogP) is 4.52. The van der Waals surface area contributed by atoms with E-state index in [2.05, 4.69) is 5.32 Å². The van der Waals surface area contributed by atoms with Crippen LogP contribution in [0.5, 0.6) is 0 Å². The summed E-state index contributed by atoms with van der Waals surface area (Å²) in [6.07, 6.45) is 0. The number of anilines is 1. The van der Waals surface area contributed by atoms with Crippen LogP contribution in [-0.4, -0.2) is 0 Å². The largest absolute Gasteiger partial charge is 0.378 e. The molecule has 0 bridgehead atoms. The number of halogens is 2. The lowest BCUT2D eigenvalue weighted by Crippen LogP contribution is -2.07. The number of hydrogen-bond acceptors (Lipinski definition) is 2. The minimum absolute atomic E-state index is 0.0814. The topological polar surface area (TPSA) is 35.8 Å². The fourth-order valence-corrected chi connectivity index (χ4v) is 2.19. The Labute approximate surface area is 116 Å². The van der Waals surface area contributed by atoms with Gasteiger partial charge in [-0.1, -0.05) is 29.8 Å². The first-order valence-corrected chi connectivity index (χ1v) is 6.19. The predicted molar refractivity (Wildman–Crippen MR) is 74.6 cm³/mol. The summed E-state index contributed by atoms with van der Waals surface area (Å²) in [7, 11) is 0. The first-order valence-electron chi connectivity index (χ1n) is 5.82. The first-order chi connectivity index (χ1) is 9.10. The third kappa shape index (κ3) is 3.24. The molecule has 0 spiro atoms. The summed E-state index contributed by atoms with van der Waals surface area (Å²) in [4.78, 5) is 0. The number of hydrogen-bond donors (Lipinski definition) is 1. The van der Waals surface area contributed by atoms with Crippen LogP contribution in [0.2, 0.25) is 5.02 Å². The van der Waals surface area contributed by atoms with Gasteiger partial charge in [0.25, 0.3) is 0 Å². The van der Waals surface area contributed by atoms with Crippen molar-refractivity contribution >= 4 is 17.3 Å². The molecule has 19 heavy (non-hydrogen) atoms. The maximum Gasteiger partial charge on any atom is 0.126 e. The van der Waals surface area contributed by atoms with Crippen LogP contribution in [0.15, 0.2) is 42.5 Å². The van der Waals surface area contributed by atoms with E-state index >= 15 is 0 Å². The normalized spacial score (nSPS) is 11.7. The van der Waals surface area contributed by atoms with E-state index < -0.39 is 5.82 Å². The van der Waals surface area contributed by atoms with Gasteiger partial charge in [0.2, 0.25) is 0 Å². The lowest BCUT2D eigenvalue weighted by molar-refractivity contribution is 0.627. The Hall–Kier alpha value is -2.05. The van der Waals surface area contributed by atoms with Gasteiger partial charge in [0.1, 0.15) is 5.82 Å². The van der Waals surface area contributed by atoms with E-state index in [1.54, 1.807) is 12.1 Å². The maximum atomic E-state index is 13.3. The summed E-state index contributed by atoms with van der Waals surface area (Å²) >= 11 is 6.11. The van der Waals surface area contributed by atoms with Crippen LogP contribution in [0.1, 0.15) is 24.1 Å². The van der Waals surface area contributed by atoms with Crippen molar-refractivity contribution in [3.8, 4) is 6.07 Å². The van der Waals surface area contributed by atoms with Gasteiger partial charge < -0.3 is 5.32 Å². The van der Waals surface area contributed by atoms with E-state index in [4.69, 9.17) is 16.9 Å². The van der Waals surface area contributed by atoms with Crippen molar-refractivity contribution in [1.29, 1.82) is 5.26 Å². The van der Waals surface area contributed by atoms with Crippen molar-refractivity contribution in [1.82, 2.24) is 0 Å². The minimum Gasteiger partial charge on any atom is -0.378 e. The van der Waals surface area contributed by atoms with Crippen LogP contribution >= 0.6 is 11.6 Å². The Morgan fingerprint density at radius 2 is 2.00 bits per heavy atom. The molecule has 0 radical (unpaired) electrons. The number of nitrogens with zero attached hydrogens (tertiary/aromatic N) is 1. The van der Waals surface area contributed by atoms with E-state index in [9.17, 15) is 4.39 Å². The molecule has 4 heteroatoms. The third-order valence-electron chi connectivity index (χ3n) is 2.78. The molecular formula is C15H12ClFN2. The highest BCUT2D eigenvalue weighted by atomic mass is 35.5. The first kappa shape index (κ1) is 13.4. The molecule has 0 aromatic heterocycles. The lowest BCUT2D eigenvalue weighted by atomic mass is 10.1. The molecule has 0 aliphatic rings. The molecule has 2 aromatic carbocycles. The molecule has 2 aromatic rings. The van der Waals surface area contributed by atoms with E-state index in [0.717, 1.165) is 5.56 Å². The van der Waals surface area contributed by atoms with Crippen LogP contribution in [0, 0.1) is 17.1 Å². The van der Waals surface area contributed by atoms with Crippen molar-refractivity contribution in [3.05, 3.63) is 64.4 Å². The second-order valence-corrected chi connectivity index (χ2v) is 4.64. The summed E-state index contributed by atoms with van der Waals surface area (Å²) in [5, 5.41) is 12.6. The number of nitrogens with one attached hydrogen (secondary N) is 1. The van der Waals surface area contributed by atoms with Gasteiger partial charge in [0.05, 0.1) is 11.6 Å².